The van der Waals surface area contributed by atoms with Gasteiger partial charge in [-0.15, -0.1) is 0 Å². The zero-order valence-electron chi connectivity index (χ0n) is 14.5. The number of rotatable bonds is 4. The highest BCUT2D eigenvalue weighted by atomic mass is 19.4. The third-order valence-corrected chi connectivity index (χ3v) is 3.92. The van der Waals surface area contributed by atoms with Gasteiger partial charge >= 0.3 is 6.18 Å². The first-order chi connectivity index (χ1) is 11.6. The molecule has 0 fully saturated rings. The Bertz CT molecular complexity index is 783. The van der Waals surface area contributed by atoms with Crippen LogP contribution >= 0.6 is 0 Å². The normalized spacial score (nSPS) is 11.5. The Hall–Kier alpha value is -2.50. The van der Waals surface area contributed by atoms with Crippen molar-refractivity contribution in [1.82, 2.24) is 0 Å². The molecule has 0 radical (unpaired) electrons. The highest BCUT2D eigenvalue weighted by Gasteiger charge is 2.33. The number of hydrogen-bond acceptors (Lipinski definition) is 2. The summed E-state index contributed by atoms with van der Waals surface area (Å²) in [7, 11) is 1.54. The van der Waals surface area contributed by atoms with E-state index in [4.69, 9.17) is 4.74 Å². The molecule has 134 valence electrons. The zero-order valence-corrected chi connectivity index (χ0v) is 14.5. The van der Waals surface area contributed by atoms with Gasteiger partial charge in [0.25, 0.3) is 5.91 Å². The van der Waals surface area contributed by atoms with Crippen molar-refractivity contribution in [3.63, 3.8) is 0 Å². The quantitative estimate of drug-likeness (QED) is 0.801. The molecule has 25 heavy (non-hydrogen) atoms. The number of carbonyl (C=O) groups is 1. The number of halogens is 3. The molecule has 0 aliphatic rings. The lowest BCUT2D eigenvalue weighted by Crippen LogP contribution is -2.18. The number of methoxy groups -OCH3 is 1. The number of para-hydroxylation sites is 1. The van der Waals surface area contributed by atoms with Crippen molar-refractivity contribution in [2.75, 3.05) is 12.4 Å². The summed E-state index contributed by atoms with van der Waals surface area (Å²) in [6.45, 7) is 5.62. The predicted molar refractivity (Wildman–Crippen MR) is 91.2 cm³/mol. The monoisotopic (exact) mass is 351 g/mol. The lowest BCUT2D eigenvalue weighted by Gasteiger charge is -2.17. The number of amides is 1. The molecule has 0 unspecified atom stereocenters. The second-order valence-corrected chi connectivity index (χ2v) is 6.06. The second-order valence-electron chi connectivity index (χ2n) is 6.06. The Morgan fingerprint density at radius 1 is 1.16 bits per heavy atom. The lowest BCUT2D eigenvalue weighted by atomic mass is 9.96. The molecular weight excluding hydrogens is 331 g/mol. The summed E-state index contributed by atoms with van der Waals surface area (Å²) in [5.74, 6) is 0.169. The molecule has 6 heteroatoms. The van der Waals surface area contributed by atoms with Crippen molar-refractivity contribution in [2.24, 2.45) is 0 Å². The van der Waals surface area contributed by atoms with Gasteiger partial charge in [-0.05, 0) is 48.2 Å². The summed E-state index contributed by atoms with van der Waals surface area (Å²) in [5, 5.41) is 2.38. The predicted octanol–water partition coefficient (Wildman–Crippen LogP) is 5.40. The van der Waals surface area contributed by atoms with Crippen molar-refractivity contribution in [1.29, 1.82) is 0 Å². The van der Waals surface area contributed by atoms with Gasteiger partial charge < -0.3 is 10.1 Å². The molecule has 3 nitrogen and oxygen atoms in total. The number of hydrogen-bond donors (Lipinski definition) is 1. The molecule has 2 rings (SSSR count). The lowest BCUT2D eigenvalue weighted by molar-refractivity contribution is -0.136. The maximum Gasteiger partial charge on any atom is 0.418 e. The fourth-order valence-corrected chi connectivity index (χ4v) is 2.60. The molecule has 2 aromatic carbocycles. The van der Waals surface area contributed by atoms with Gasteiger partial charge in [0, 0.05) is 5.56 Å². The molecule has 0 heterocycles. The molecule has 1 N–H and O–H groups in total. The number of nitrogens with one attached hydrogen (secondary N) is 1. The molecule has 0 atom stereocenters. The van der Waals surface area contributed by atoms with E-state index in [9.17, 15) is 18.0 Å². The van der Waals surface area contributed by atoms with Gasteiger partial charge in [-0.1, -0.05) is 26.0 Å². The molecule has 0 aliphatic carbocycles. The van der Waals surface area contributed by atoms with Crippen LogP contribution in [0, 0.1) is 6.92 Å². The van der Waals surface area contributed by atoms with Crippen molar-refractivity contribution < 1.29 is 22.7 Å². The fraction of sp³-hybridized carbons (Fsp3) is 0.316. The van der Waals surface area contributed by atoms with E-state index in [0.29, 0.717) is 16.9 Å². The minimum absolute atomic E-state index is 0.101. The van der Waals surface area contributed by atoms with Crippen molar-refractivity contribution in [2.45, 2.75) is 32.9 Å². The summed E-state index contributed by atoms with van der Waals surface area (Å²) < 4.78 is 44.6. The standard InChI is InChI=1S/C19H20F3NO2/c1-11(2)13-10-14(12(3)9-17(13)25-4)18(24)23-16-8-6-5-7-15(16)19(20,21)22/h5-11H,1-4H3,(H,23,24). The van der Waals surface area contributed by atoms with E-state index in [1.165, 1.54) is 18.2 Å². The third-order valence-electron chi connectivity index (χ3n) is 3.92. The minimum atomic E-state index is -4.54. The second kappa shape index (κ2) is 7.17. The molecule has 0 bridgehead atoms. The Labute approximate surface area is 144 Å². The molecule has 0 saturated carbocycles. The van der Waals surface area contributed by atoms with Gasteiger partial charge in [-0.3, -0.25) is 4.79 Å². The van der Waals surface area contributed by atoms with E-state index in [-0.39, 0.29) is 11.6 Å². The van der Waals surface area contributed by atoms with Crippen LogP contribution in [-0.2, 0) is 6.18 Å². The summed E-state index contributed by atoms with van der Waals surface area (Å²) in [5.41, 5.74) is 0.631. The number of ether oxygens (including phenoxy) is 1. The van der Waals surface area contributed by atoms with E-state index in [2.05, 4.69) is 5.32 Å². The van der Waals surface area contributed by atoms with Gasteiger partial charge in [0.05, 0.1) is 18.4 Å². The summed E-state index contributed by atoms with van der Waals surface area (Å²) >= 11 is 0. The average Bonchev–Trinajstić information content (AvgIpc) is 2.53. The van der Waals surface area contributed by atoms with Crippen molar-refractivity contribution in [3.8, 4) is 5.75 Å². The van der Waals surface area contributed by atoms with E-state index in [0.717, 1.165) is 11.6 Å². The van der Waals surface area contributed by atoms with Crippen LogP contribution in [0.15, 0.2) is 36.4 Å². The van der Waals surface area contributed by atoms with E-state index < -0.39 is 17.6 Å². The summed E-state index contributed by atoms with van der Waals surface area (Å²) in [4.78, 5) is 12.6. The Morgan fingerprint density at radius 2 is 1.80 bits per heavy atom. The number of anilines is 1. The van der Waals surface area contributed by atoms with Gasteiger partial charge in [-0.25, -0.2) is 0 Å². The first-order valence-corrected chi connectivity index (χ1v) is 7.81. The van der Waals surface area contributed by atoms with Crippen LogP contribution in [0.3, 0.4) is 0 Å². The van der Waals surface area contributed by atoms with Gasteiger partial charge in [0.15, 0.2) is 0 Å². The van der Waals surface area contributed by atoms with E-state index in [1.807, 2.05) is 13.8 Å². The number of carbonyl (C=O) groups excluding carboxylic acids is 1. The maximum absolute atomic E-state index is 13.1. The molecule has 1 amide bonds. The topological polar surface area (TPSA) is 38.3 Å². The van der Waals surface area contributed by atoms with Crippen molar-refractivity contribution >= 4 is 11.6 Å². The largest absolute Gasteiger partial charge is 0.496 e. The number of alkyl halides is 3. The van der Waals surface area contributed by atoms with Crippen molar-refractivity contribution in [3.05, 3.63) is 58.7 Å². The fourth-order valence-electron chi connectivity index (χ4n) is 2.60. The highest BCUT2D eigenvalue weighted by molar-refractivity contribution is 6.06. The van der Waals surface area contributed by atoms with Crippen LogP contribution in [0.2, 0.25) is 0 Å². The van der Waals surface area contributed by atoms with E-state index in [1.54, 1.807) is 26.2 Å². The zero-order chi connectivity index (χ0) is 18.8. The first kappa shape index (κ1) is 18.8. The van der Waals surface area contributed by atoms with Crippen LogP contribution in [0.5, 0.6) is 5.75 Å². The molecule has 2 aromatic rings. The first-order valence-electron chi connectivity index (χ1n) is 7.81. The number of benzene rings is 2. The minimum Gasteiger partial charge on any atom is -0.496 e. The SMILES string of the molecule is COc1cc(C)c(C(=O)Nc2ccccc2C(F)(F)F)cc1C(C)C. The van der Waals surface area contributed by atoms with Crippen LogP contribution in [0.4, 0.5) is 18.9 Å². The Morgan fingerprint density at radius 3 is 2.36 bits per heavy atom. The van der Waals surface area contributed by atoms with E-state index >= 15 is 0 Å². The smallest absolute Gasteiger partial charge is 0.418 e. The van der Waals surface area contributed by atoms with Crippen LogP contribution < -0.4 is 10.1 Å². The van der Waals surface area contributed by atoms with Crippen LogP contribution in [0.1, 0.15) is 46.8 Å². The summed E-state index contributed by atoms with van der Waals surface area (Å²) in [6.07, 6.45) is -4.54. The maximum atomic E-state index is 13.1. The Balaban J connectivity index is 2.42. The highest BCUT2D eigenvalue weighted by Crippen LogP contribution is 2.35. The molecule has 0 aliphatic heterocycles. The molecule has 0 aromatic heterocycles. The number of aryl methyl sites for hydroxylation is 1. The van der Waals surface area contributed by atoms with Gasteiger partial charge in [-0.2, -0.15) is 13.2 Å². The van der Waals surface area contributed by atoms with Gasteiger partial charge in [0.1, 0.15) is 5.75 Å². The van der Waals surface area contributed by atoms with Crippen LogP contribution in [0.25, 0.3) is 0 Å². The Kier molecular flexibility index (Phi) is 5.40. The van der Waals surface area contributed by atoms with Gasteiger partial charge in [0.2, 0.25) is 0 Å². The molecule has 0 saturated heterocycles. The third kappa shape index (κ3) is 4.13. The average molecular weight is 351 g/mol. The molecule has 0 spiro atoms. The summed E-state index contributed by atoms with van der Waals surface area (Å²) in [6, 6.07) is 8.31. The molecular formula is C19H20F3NO2. The van der Waals surface area contributed by atoms with Crippen LogP contribution in [-0.4, -0.2) is 13.0 Å².